The van der Waals surface area contributed by atoms with Gasteiger partial charge in [-0.15, -0.1) is 0 Å². The molecule has 0 amide bonds. The summed E-state index contributed by atoms with van der Waals surface area (Å²) in [4.78, 5) is 18.5. The highest BCUT2D eigenvalue weighted by Gasteiger charge is 2.12. The summed E-state index contributed by atoms with van der Waals surface area (Å²) in [5.74, 6) is 0.321. The van der Waals surface area contributed by atoms with Crippen molar-refractivity contribution in [2.24, 2.45) is 0 Å². The van der Waals surface area contributed by atoms with Gasteiger partial charge in [0.15, 0.2) is 0 Å². The molecule has 0 fully saturated rings. The normalized spacial score (nSPS) is 10.7. The topological polar surface area (TPSA) is 67.0 Å². The molecule has 0 atom stereocenters. The van der Waals surface area contributed by atoms with E-state index < -0.39 is 5.97 Å². The van der Waals surface area contributed by atoms with Gasteiger partial charge in [-0.1, -0.05) is 11.6 Å². The standard InChI is InChI=1S/C14H16ClN3O2/c1-8(2)18-13-5-10(11(15)7-17-13)9-4-12(16-6-9)14(19)20-3/h4-8,16H,1-3H3,(H,17,18). The molecule has 6 heteroatoms. The number of anilines is 1. The molecular formula is C14H16ClN3O2. The Kier molecular flexibility index (Phi) is 4.29. The fourth-order valence-electron chi connectivity index (χ4n) is 1.81. The number of rotatable bonds is 4. The number of nitrogens with zero attached hydrogens (tertiary/aromatic N) is 1. The third kappa shape index (κ3) is 3.11. The highest BCUT2D eigenvalue weighted by atomic mass is 35.5. The van der Waals surface area contributed by atoms with Crippen molar-refractivity contribution in [1.82, 2.24) is 9.97 Å². The summed E-state index contributed by atoms with van der Waals surface area (Å²) in [6.45, 7) is 4.06. The molecule has 2 rings (SSSR count). The van der Waals surface area contributed by atoms with Crippen LogP contribution in [0.5, 0.6) is 0 Å². The Morgan fingerprint density at radius 1 is 1.45 bits per heavy atom. The number of carbonyl (C=O) groups excluding carboxylic acids is 1. The molecule has 0 aliphatic rings. The first kappa shape index (κ1) is 14.4. The van der Waals surface area contributed by atoms with Gasteiger partial charge in [0.05, 0.1) is 12.1 Å². The van der Waals surface area contributed by atoms with E-state index in [2.05, 4.69) is 20.0 Å². The Hall–Kier alpha value is -2.01. The number of nitrogens with one attached hydrogen (secondary N) is 2. The van der Waals surface area contributed by atoms with Gasteiger partial charge < -0.3 is 15.0 Å². The van der Waals surface area contributed by atoms with Gasteiger partial charge in [-0.2, -0.15) is 0 Å². The van der Waals surface area contributed by atoms with Crippen molar-refractivity contribution in [3.63, 3.8) is 0 Å². The average Bonchev–Trinajstić information content (AvgIpc) is 2.89. The Morgan fingerprint density at radius 2 is 2.20 bits per heavy atom. The first-order chi connectivity index (χ1) is 9.51. The van der Waals surface area contributed by atoms with Crippen LogP contribution in [0.4, 0.5) is 5.82 Å². The lowest BCUT2D eigenvalue weighted by molar-refractivity contribution is 0.0595. The molecule has 0 spiro atoms. The van der Waals surface area contributed by atoms with E-state index in [9.17, 15) is 4.79 Å². The molecule has 0 bridgehead atoms. The largest absolute Gasteiger partial charge is 0.464 e. The SMILES string of the molecule is COC(=O)c1cc(-c2cc(NC(C)C)ncc2Cl)c[nH]1. The zero-order valence-electron chi connectivity index (χ0n) is 11.5. The zero-order chi connectivity index (χ0) is 14.7. The Bertz CT molecular complexity index is 623. The highest BCUT2D eigenvalue weighted by molar-refractivity contribution is 6.33. The molecule has 0 radical (unpaired) electrons. The number of halogens is 1. The maximum Gasteiger partial charge on any atom is 0.354 e. The monoisotopic (exact) mass is 293 g/mol. The third-order valence-corrected chi connectivity index (χ3v) is 2.99. The number of pyridine rings is 1. The lowest BCUT2D eigenvalue weighted by Gasteiger charge is -2.10. The van der Waals surface area contributed by atoms with E-state index in [0.29, 0.717) is 10.7 Å². The molecule has 5 nitrogen and oxygen atoms in total. The number of aromatic amines is 1. The fourth-order valence-corrected chi connectivity index (χ4v) is 2.02. The van der Waals surface area contributed by atoms with Crippen LogP contribution in [0.1, 0.15) is 24.3 Å². The minimum absolute atomic E-state index is 0.272. The molecule has 2 aromatic rings. The smallest absolute Gasteiger partial charge is 0.354 e. The lowest BCUT2D eigenvalue weighted by atomic mass is 10.1. The quantitative estimate of drug-likeness (QED) is 0.849. The molecule has 2 aromatic heterocycles. The Morgan fingerprint density at radius 3 is 2.85 bits per heavy atom. The van der Waals surface area contributed by atoms with Gasteiger partial charge in [0, 0.05) is 29.6 Å². The van der Waals surface area contributed by atoms with Crippen molar-refractivity contribution in [1.29, 1.82) is 0 Å². The molecule has 2 N–H and O–H groups in total. The molecule has 0 saturated carbocycles. The number of ether oxygens (including phenoxy) is 1. The summed E-state index contributed by atoms with van der Waals surface area (Å²) in [5.41, 5.74) is 1.99. The van der Waals surface area contributed by atoms with Crippen LogP contribution in [0.2, 0.25) is 5.02 Å². The number of hydrogen-bond donors (Lipinski definition) is 2. The van der Waals surface area contributed by atoms with E-state index in [-0.39, 0.29) is 6.04 Å². The first-order valence-corrected chi connectivity index (χ1v) is 6.58. The number of H-pyrrole nitrogens is 1. The molecule has 106 valence electrons. The van der Waals surface area contributed by atoms with Gasteiger partial charge in [0.25, 0.3) is 0 Å². The van der Waals surface area contributed by atoms with Crippen LogP contribution >= 0.6 is 11.6 Å². The molecule has 0 aliphatic carbocycles. The van der Waals surface area contributed by atoms with Crippen LogP contribution < -0.4 is 5.32 Å². The van der Waals surface area contributed by atoms with E-state index in [4.69, 9.17) is 11.6 Å². The van der Waals surface area contributed by atoms with Gasteiger partial charge in [0.2, 0.25) is 0 Å². The van der Waals surface area contributed by atoms with Crippen LogP contribution in [0.15, 0.2) is 24.5 Å². The number of esters is 1. The van der Waals surface area contributed by atoms with E-state index in [1.807, 2.05) is 19.9 Å². The summed E-state index contributed by atoms with van der Waals surface area (Å²) in [5, 5.41) is 3.73. The average molecular weight is 294 g/mol. The molecular weight excluding hydrogens is 278 g/mol. The summed E-state index contributed by atoms with van der Waals surface area (Å²) >= 11 is 6.17. The van der Waals surface area contributed by atoms with Gasteiger partial charge in [-0.05, 0) is 26.0 Å². The van der Waals surface area contributed by atoms with Gasteiger partial charge in [0.1, 0.15) is 11.5 Å². The fraction of sp³-hybridized carbons (Fsp3) is 0.286. The molecule has 0 saturated heterocycles. The maximum absolute atomic E-state index is 11.4. The van der Waals surface area contributed by atoms with Crippen molar-refractivity contribution in [2.45, 2.75) is 19.9 Å². The van der Waals surface area contributed by atoms with Crippen LogP contribution in [-0.4, -0.2) is 29.1 Å². The predicted octanol–water partition coefficient (Wildman–Crippen LogP) is 3.34. The molecule has 0 aliphatic heterocycles. The van der Waals surface area contributed by atoms with Crippen LogP contribution in [0.3, 0.4) is 0 Å². The minimum Gasteiger partial charge on any atom is -0.464 e. The highest BCUT2D eigenvalue weighted by Crippen LogP contribution is 2.30. The summed E-state index contributed by atoms with van der Waals surface area (Å²) in [6, 6.07) is 3.83. The predicted molar refractivity (Wildman–Crippen MR) is 79.1 cm³/mol. The Labute approximate surface area is 122 Å². The summed E-state index contributed by atoms with van der Waals surface area (Å²) < 4.78 is 4.66. The van der Waals surface area contributed by atoms with Crippen LogP contribution in [0.25, 0.3) is 11.1 Å². The van der Waals surface area contributed by atoms with Gasteiger partial charge in [-0.3, -0.25) is 0 Å². The van der Waals surface area contributed by atoms with Crippen LogP contribution in [0, 0.1) is 0 Å². The van der Waals surface area contributed by atoms with Crippen molar-refractivity contribution in [3.8, 4) is 11.1 Å². The second-order valence-corrected chi connectivity index (χ2v) is 5.05. The van der Waals surface area contributed by atoms with E-state index in [1.165, 1.54) is 7.11 Å². The summed E-state index contributed by atoms with van der Waals surface area (Å²) in [7, 11) is 1.34. The van der Waals surface area contributed by atoms with Crippen molar-refractivity contribution in [3.05, 3.63) is 35.2 Å². The number of hydrogen-bond acceptors (Lipinski definition) is 4. The third-order valence-electron chi connectivity index (χ3n) is 2.69. The second-order valence-electron chi connectivity index (χ2n) is 4.64. The van der Waals surface area contributed by atoms with E-state index in [1.54, 1.807) is 18.5 Å². The maximum atomic E-state index is 11.4. The second kappa shape index (κ2) is 5.96. The number of carbonyl (C=O) groups is 1. The molecule has 0 aromatic carbocycles. The van der Waals surface area contributed by atoms with Gasteiger partial charge >= 0.3 is 5.97 Å². The van der Waals surface area contributed by atoms with E-state index >= 15 is 0 Å². The number of aromatic nitrogens is 2. The lowest BCUT2D eigenvalue weighted by Crippen LogP contribution is -2.10. The minimum atomic E-state index is -0.415. The van der Waals surface area contributed by atoms with Crippen molar-refractivity contribution < 1.29 is 9.53 Å². The molecule has 2 heterocycles. The van der Waals surface area contributed by atoms with E-state index in [0.717, 1.165) is 16.9 Å². The molecule has 20 heavy (non-hydrogen) atoms. The zero-order valence-corrected chi connectivity index (χ0v) is 12.3. The first-order valence-electron chi connectivity index (χ1n) is 6.20. The molecule has 0 unspecified atom stereocenters. The number of methoxy groups -OCH3 is 1. The summed E-state index contributed by atoms with van der Waals surface area (Å²) in [6.07, 6.45) is 3.30. The van der Waals surface area contributed by atoms with Crippen molar-refractivity contribution in [2.75, 3.05) is 12.4 Å². The van der Waals surface area contributed by atoms with Crippen LogP contribution in [-0.2, 0) is 4.74 Å². The van der Waals surface area contributed by atoms with Crippen molar-refractivity contribution >= 4 is 23.4 Å². The Balaban J connectivity index is 2.36. The van der Waals surface area contributed by atoms with Gasteiger partial charge in [-0.25, -0.2) is 9.78 Å².